The molecule has 0 radical (unpaired) electrons. The molecule has 1 aromatic heterocycles. The van der Waals surface area contributed by atoms with Crippen molar-refractivity contribution in [3.05, 3.63) is 40.8 Å². The van der Waals surface area contributed by atoms with E-state index < -0.39 is 6.04 Å². The number of hydrogen-bond acceptors (Lipinski definition) is 5. The minimum Gasteiger partial charge on any atom is -0.378 e. The van der Waals surface area contributed by atoms with Crippen LogP contribution in [-0.4, -0.2) is 70.3 Å². The topological polar surface area (TPSA) is 84.7 Å². The fourth-order valence-electron chi connectivity index (χ4n) is 3.78. The number of hydrogen-bond donors (Lipinski definition) is 0. The van der Waals surface area contributed by atoms with Crippen LogP contribution < -0.4 is 5.56 Å². The molecular formula is C19H22N4O4. The molecule has 4 rings (SSSR count). The van der Waals surface area contributed by atoms with Crippen molar-refractivity contribution in [3.8, 4) is 0 Å². The predicted octanol–water partition coefficient (Wildman–Crippen LogP) is 0.246. The highest BCUT2D eigenvalue weighted by atomic mass is 16.5. The van der Waals surface area contributed by atoms with E-state index >= 15 is 0 Å². The molecule has 0 unspecified atom stereocenters. The fraction of sp³-hybridized carbons (Fsp3) is 0.474. The van der Waals surface area contributed by atoms with Crippen molar-refractivity contribution in [1.82, 2.24) is 19.6 Å². The predicted molar refractivity (Wildman–Crippen MR) is 98.1 cm³/mol. The normalized spacial score (nSPS) is 20.2. The third-order valence-corrected chi connectivity index (χ3v) is 5.23. The third-order valence-electron chi connectivity index (χ3n) is 5.23. The molecule has 2 amide bonds. The van der Waals surface area contributed by atoms with Crippen LogP contribution >= 0.6 is 0 Å². The van der Waals surface area contributed by atoms with Gasteiger partial charge >= 0.3 is 0 Å². The summed E-state index contributed by atoms with van der Waals surface area (Å²) in [4.78, 5) is 41.6. The lowest BCUT2D eigenvalue weighted by Crippen LogP contribution is -2.51. The second kappa shape index (κ2) is 7.48. The molecule has 2 aromatic rings. The van der Waals surface area contributed by atoms with Gasteiger partial charge in [0.15, 0.2) is 0 Å². The van der Waals surface area contributed by atoms with E-state index in [4.69, 9.17) is 4.74 Å². The van der Waals surface area contributed by atoms with Crippen molar-refractivity contribution in [2.24, 2.45) is 0 Å². The quantitative estimate of drug-likeness (QED) is 0.773. The summed E-state index contributed by atoms with van der Waals surface area (Å²) in [5.74, 6) is -0.271. The first-order chi connectivity index (χ1) is 13.1. The Labute approximate surface area is 156 Å². The Bertz CT molecular complexity index is 919. The monoisotopic (exact) mass is 370 g/mol. The molecule has 2 aliphatic heterocycles. The van der Waals surface area contributed by atoms with Gasteiger partial charge in [-0.3, -0.25) is 14.4 Å². The van der Waals surface area contributed by atoms with E-state index in [0.717, 1.165) is 11.8 Å². The second-order valence-electron chi connectivity index (χ2n) is 6.88. The number of fused-ring (bicyclic) bond motifs is 1. The lowest BCUT2D eigenvalue weighted by Gasteiger charge is -2.32. The van der Waals surface area contributed by atoms with Gasteiger partial charge in [-0.15, -0.1) is 0 Å². The maximum atomic E-state index is 12.8. The van der Waals surface area contributed by atoms with Gasteiger partial charge in [0.1, 0.15) is 12.6 Å². The molecular weight excluding hydrogens is 348 g/mol. The summed E-state index contributed by atoms with van der Waals surface area (Å²) in [5.41, 5.74) is -0.295. The lowest BCUT2D eigenvalue weighted by atomic mass is 10.2. The van der Waals surface area contributed by atoms with Crippen molar-refractivity contribution in [2.75, 3.05) is 32.8 Å². The number of carbonyl (C=O) groups excluding carboxylic acids is 2. The van der Waals surface area contributed by atoms with Gasteiger partial charge in [0.2, 0.25) is 11.8 Å². The van der Waals surface area contributed by atoms with E-state index in [1.165, 1.54) is 4.68 Å². The Balaban J connectivity index is 1.51. The lowest BCUT2D eigenvalue weighted by molar-refractivity contribution is -0.146. The van der Waals surface area contributed by atoms with Gasteiger partial charge in [-0.05, 0) is 18.9 Å². The Morgan fingerprint density at radius 3 is 2.74 bits per heavy atom. The summed E-state index contributed by atoms with van der Waals surface area (Å²) in [7, 11) is 0. The smallest absolute Gasteiger partial charge is 0.275 e. The number of aromatic nitrogens is 2. The van der Waals surface area contributed by atoms with Crippen LogP contribution in [0, 0.1) is 0 Å². The molecule has 3 heterocycles. The summed E-state index contributed by atoms with van der Waals surface area (Å²) in [6.45, 7) is 2.55. The number of benzene rings is 1. The molecule has 1 atom stereocenters. The summed E-state index contributed by atoms with van der Waals surface area (Å²) in [6.07, 6.45) is 3.03. The molecule has 0 bridgehead atoms. The van der Waals surface area contributed by atoms with E-state index in [1.54, 1.807) is 28.1 Å². The van der Waals surface area contributed by atoms with Crippen molar-refractivity contribution < 1.29 is 14.3 Å². The van der Waals surface area contributed by atoms with Gasteiger partial charge in [-0.1, -0.05) is 18.2 Å². The Kier molecular flexibility index (Phi) is 4.89. The standard InChI is InChI=1S/C19H22N4O4/c24-17(13-23-18(25)15-5-2-1-4-14(15)12-20-23)22-7-3-6-16(22)19(26)21-8-10-27-11-9-21/h1-2,4-5,12,16H,3,6-11,13H2/t16-/m0/s1. The maximum Gasteiger partial charge on any atom is 0.275 e. The van der Waals surface area contributed by atoms with Gasteiger partial charge < -0.3 is 14.5 Å². The van der Waals surface area contributed by atoms with Crippen molar-refractivity contribution in [1.29, 1.82) is 0 Å². The van der Waals surface area contributed by atoms with Gasteiger partial charge in [0.25, 0.3) is 5.56 Å². The number of nitrogens with zero attached hydrogens (tertiary/aromatic N) is 4. The number of amides is 2. The van der Waals surface area contributed by atoms with E-state index in [9.17, 15) is 14.4 Å². The molecule has 2 saturated heterocycles. The molecule has 8 nitrogen and oxygen atoms in total. The number of ether oxygens (including phenoxy) is 1. The van der Waals surface area contributed by atoms with Crippen molar-refractivity contribution >= 4 is 22.6 Å². The highest BCUT2D eigenvalue weighted by molar-refractivity contribution is 5.88. The van der Waals surface area contributed by atoms with Crippen LogP contribution in [0.4, 0.5) is 0 Å². The first kappa shape index (κ1) is 17.7. The Morgan fingerprint density at radius 2 is 1.93 bits per heavy atom. The third kappa shape index (κ3) is 3.44. The number of likely N-dealkylation sites (tertiary alicyclic amines) is 1. The largest absolute Gasteiger partial charge is 0.378 e. The van der Waals surface area contributed by atoms with Crippen LogP contribution in [0.5, 0.6) is 0 Å². The van der Waals surface area contributed by atoms with Crippen LogP contribution in [0.2, 0.25) is 0 Å². The first-order valence-electron chi connectivity index (χ1n) is 9.26. The van der Waals surface area contributed by atoms with E-state index in [-0.39, 0.29) is 23.9 Å². The molecule has 0 aliphatic carbocycles. The van der Waals surface area contributed by atoms with Gasteiger partial charge in [0.05, 0.1) is 24.8 Å². The second-order valence-corrected chi connectivity index (χ2v) is 6.88. The van der Waals surface area contributed by atoms with Gasteiger partial charge in [0, 0.05) is 25.0 Å². The molecule has 2 fully saturated rings. The minimum absolute atomic E-state index is 0.0250. The maximum absolute atomic E-state index is 12.8. The average Bonchev–Trinajstić information content (AvgIpc) is 3.20. The molecule has 142 valence electrons. The molecule has 0 spiro atoms. The average molecular weight is 370 g/mol. The number of carbonyl (C=O) groups is 2. The van der Waals surface area contributed by atoms with E-state index in [2.05, 4.69) is 5.10 Å². The van der Waals surface area contributed by atoms with Crippen LogP contribution in [0.1, 0.15) is 12.8 Å². The Morgan fingerprint density at radius 1 is 1.15 bits per heavy atom. The summed E-state index contributed by atoms with van der Waals surface area (Å²) in [6, 6.07) is 6.71. The Hall–Kier alpha value is -2.74. The highest BCUT2D eigenvalue weighted by Gasteiger charge is 2.37. The van der Waals surface area contributed by atoms with E-state index in [0.29, 0.717) is 44.7 Å². The zero-order valence-electron chi connectivity index (χ0n) is 15.0. The number of morpholine rings is 1. The first-order valence-corrected chi connectivity index (χ1v) is 9.26. The zero-order chi connectivity index (χ0) is 18.8. The van der Waals surface area contributed by atoms with E-state index in [1.807, 2.05) is 12.1 Å². The van der Waals surface area contributed by atoms with Crippen LogP contribution in [0.25, 0.3) is 10.8 Å². The molecule has 1 aromatic carbocycles. The number of rotatable bonds is 3. The summed E-state index contributed by atoms with van der Waals surface area (Å²) in [5, 5.41) is 5.40. The van der Waals surface area contributed by atoms with Crippen LogP contribution in [0.3, 0.4) is 0 Å². The van der Waals surface area contributed by atoms with Crippen molar-refractivity contribution in [2.45, 2.75) is 25.4 Å². The SMILES string of the molecule is O=C([C@@H]1CCCN1C(=O)Cn1ncc2ccccc2c1=O)N1CCOCC1. The summed E-state index contributed by atoms with van der Waals surface area (Å²) >= 11 is 0. The molecule has 8 heteroatoms. The fourth-order valence-corrected chi connectivity index (χ4v) is 3.78. The molecule has 27 heavy (non-hydrogen) atoms. The molecule has 0 saturated carbocycles. The van der Waals surface area contributed by atoms with Gasteiger partial charge in [-0.25, -0.2) is 4.68 Å². The van der Waals surface area contributed by atoms with Crippen LogP contribution in [0.15, 0.2) is 35.3 Å². The van der Waals surface area contributed by atoms with Crippen molar-refractivity contribution in [3.63, 3.8) is 0 Å². The zero-order valence-corrected chi connectivity index (χ0v) is 15.0. The van der Waals surface area contributed by atoms with Gasteiger partial charge in [-0.2, -0.15) is 5.10 Å². The summed E-state index contributed by atoms with van der Waals surface area (Å²) < 4.78 is 6.47. The minimum atomic E-state index is -0.452. The molecule has 0 N–H and O–H groups in total. The molecule has 2 aliphatic rings. The van der Waals surface area contributed by atoms with Crippen LogP contribution in [-0.2, 0) is 20.9 Å². The highest BCUT2D eigenvalue weighted by Crippen LogP contribution is 2.20.